The minimum atomic E-state index is -1.39. The van der Waals surface area contributed by atoms with Gasteiger partial charge in [-0.25, -0.2) is 0 Å². The van der Waals surface area contributed by atoms with E-state index < -0.39 is 8.32 Å². The Bertz CT molecular complexity index is 197. The fourth-order valence-electron chi connectivity index (χ4n) is 2.12. The molecule has 1 fully saturated rings. The molecule has 1 saturated carbocycles. The van der Waals surface area contributed by atoms with Gasteiger partial charge in [-0.05, 0) is 39.4 Å². The van der Waals surface area contributed by atoms with Crippen molar-refractivity contribution >= 4 is 8.32 Å². The van der Waals surface area contributed by atoms with E-state index in [0.717, 1.165) is 5.92 Å². The topological polar surface area (TPSA) is 9.23 Å². The predicted octanol–water partition coefficient (Wildman–Crippen LogP) is 4.32. The molecule has 14 heavy (non-hydrogen) atoms. The summed E-state index contributed by atoms with van der Waals surface area (Å²) in [6.07, 6.45) is 9.05. The van der Waals surface area contributed by atoms with E-state index in [1.807, 2.05) is 0 Å². The first-order valence-corrected chi connectivity index (χ1v) is 9.29. The average molecular weight is 212 g/mol. The fourth-order valence-corrected chi connectivity index (χ4v) is 3.11. The van der Waals surface area contributed by atoms with E-state index in [2.05, 4.69) is 32.6 Å². The van der Waals surface area contributed by atoms with Gasteiger partial charge >= 0.3 is 0 Å². The van der Waals surface area contributed by atoms with Crippen LogP contribution in [-0.4, -0.2) is 8.32 Å². The lowest BCUT2D eigenvalue weighted by Crippen LogP contribution is -2.27. The molecule has 1 aliphatic carbocycles. The maximum absolute atomic E-state index is 6.13. The number of rotatable bonds is 3. The van der Waals surface area contributed by atoms with Crippen LogP contribution in [0.1, 0.15) is 39.0 Å². The van der Waals surface area contributed by atoms with Gasteiger partial charge in [-0.2, -0.15) is 0 Å². The fraction of sp³-hybridized carbons (Fsp3) is 0.833. The Balaban J connectivity index is 2.53. The zero-order valence-corrected chi connectivity index (χ0v) is 11.1. The van der Waals surface area contributed by atoms with Crippen LogP contribution in [0.15, 0.2) is 11.8 Å². The normalized spacial score (nSPS) is 21.0. The summed E-state index contributed by atoms with van der Waals surface area (Å²) in [5.74, 6) is 2.00. The highest BCUT2D eigenvalue weighted by Crippen LogP contribution is 2.31. The maximum Gasteiger partial charge on any atom is 0.241 e. The van der Waals surface area contributed by atoms with Crippen LogP contribution in [0.25, 0.3) is 0 Å². The van der Waals surface area contributed by atoms with Gasteiger partial charge in [0.25, 0.3) is 0 Å². The SMILES string of the molecule is CC=C(O[Si](C)(C)C)C1CCCCC1. The molecule has 0 N–H and O–H groups in total. The Labute approximate surface area is 89.7 Å². The summed E-state index contributed by atoms with van der Waals surface area (Å²) in [7, 11) is -1.39. The molecule has 82 valence electrons. The highest BCUT2D eigenvalue weighted by atomic mass is 28.4. The van der Waals surface area contributed by atoms with Crippen molar-refractivity contribution in [2.45, 2.75) is 58.7 Å². The summed E-state index contributed by atoms with van der Waals surface area (Å²) >= 11 is 0. The zero-order valence-electron chi connectivity index (χ0n) is 10.1. The van der Waals surface area contributed by atoms with E-state index in [1.165, 1.54) is 37.9 Å². The van der Waals surface area contributed by atoms with Gasteiger partial charge in [0.15, 0.2) is 0 Å². The smallest absolute Gasteiger partial charge is 0.241 e. The third-order valence-electron chi connectivity index (χ3n) is 2.72. The van der Waals surface area contributed by atoms with Gasteiger partial charge in [0, 0.05) is 5.92 Å². The molecule has 0 aliphatic heterocycles. The van der Waals surface area contributed by atoms with E-state index in [1.54, 1.807) is 0 Å². The van der Waals surface area contributed by atoms with Crippen LogP contribution in [-0.2, 0) is 4.43 Å². The van der Waals surface area contributed by atoms with Crippen molar-refractivity contribution in [3.05, 3.63) is 11.8 Å². The molecule has 0 aromatic rings. The quantitative estimate of drug-likeness (QED) is 0.500. The highest BCUT2D eigenvalue weighted by molar-refractivity contribution is 6.70. The van der Waals surface area contributed by atoms with Crippen LogP contribution >= 0.6 is 0 Å². The average Bonchev–Trinajstić information content (AvgIpc) is 2.14. The molecular formula is C12H24OSi. The van der Waals surface area contributed by atoms with Crippen molar-refractivity contribution in [2.24, 2.45) is 5.92 Å². The van der Waals surface area contributed by atoms with Gasteiger partial charge in [0.1, 0.15) is 0 Å². The van der Waals surface area contributed by atoms with Crippen LogP contribution in [0.3, 0.4) is 0 Å². The zero-order chi connectivity index (χ0) is 10.6. The van der Waals surface area contributed by atoms with Crippen molar-refractivity contribution in [2.75, 3.05) is 0 Å². The van der Waals surface area contributed by atoms with E-state index in [4.69, 9.17) is 4.43 Å². The van der Waals surface area contributed by atoms with E-state index >= 15 is 0 Å². The third kappa shape index (κ3) is 3.87. The molecule has 0 unspecified atom stereocenters. The van der Waals surface area contributed by atoms with Crippen molar-refractivity contribution in [1.29, 1.82) is 0 Å². The Morgan fingerprint density at radius 2 is 1.71 bits per heavy atom. The Kier molecular flexibility index (Phi) is 4.23. The minimum absolute atomic E-state index is 0.723. The summed E-state index contributed by atoms with van der Waals surface area (Å²) < 4.78 is 6.13. The summed E-state index contributed by atoms with van der Waals surface area (Å²) in [6.45, 7) is 8.90. The largest absolute Gasteiger partial charge is 0.547 e. The molecule has 0 aromatic heterocycles. The van der Waals surface area contributed by atoms with Crippen LogP contribution in [0, 0.1) is 5.92 Å². The second-order valence-electron chi connectivity index (χ2n) is 5.24. The first-order valence-electron chi connectivity index (χ1n) is 5.88. The van der Waals surface area contributed by atoms with Crippen molar-refractivity contribution in [1.82, 2.24) is 0 Å². The lowest BCUT2D eigenvalue weighted by Gasteiger charge is -2.29. The monoisotopic (exact) mass is 212 g/mol. The molecule has 2 heteroatoms. The minimum Gasteiger partial charge on any atom is -0.547 e. The lowest BCUT2D eigenvalue weighted by atomic mass is 9.88. The first-order chi connectivity index (χ1) is 6.53. The molecule has 1 aliphatic rings. The maximum atomic E-state index is 6.13. The standard InChI is InChI=1S/C12H24OSi/c1-5-12(13-14(2,3)4)11-9-7-6-8-10-11/h5,11H,6-10H2,1-4H3. The van der Waals surface area contributed by atoms with Crippen LogP contribution in [0.5, 0.6) is 0 Å². The van der Waals surface area contributed by atoms with Gasteiger partial charge in [-0.1, -0.05) is 25.3 Å². The van der Waals surface area contributed by atoms with Gasteiger partial charge in [-0.3, -0.25) is 0 Å². The van der Waals surface area contributed by atoms with Crippen molar-refractivity contribution in [3.63, 3.8) is 0 Å². The molecule has 1 nitrogen and oxygen atoms in total. The van der Waals surface area contributed by atoms with E-state index in [9.17, 15) is 0 Å². The summed E-state index contributed by atoms with van der Waals surface area (Å²) in [4.78, 5) is 0. The molecular weight excluding hydrogens is 188 g/mol. The number of hydrogen-bond donors (Lipinski definition) is 0. The molecule has 0 bridgehead atoms. The van der Waals surface area contributed by atoms with Crippen LogP contribution in [0.4, 0.5) is 0 Å². The van der Waals surface area contributed by atoms with Gasteiger partial charge < -0.3 is 4.43 Å². The molecule has 0 saturated heterocycles. The highest BCUT2D eigenvalue weighted by Gasteiger charge is 2.23. The summed E-state index contributed by atoms with van der Waals surface area (Å²) in [5, 5.41) is 0. The Morgan fingerprint density at radius 1 is 1.14 bits per heavy atom. The van der Waals surface area contributed by atoms with E-state index in [0.29, 0.717) is 0 Å². The van der Waals surface area contributed by atoms with Gasteiger partial charge in [-0.15, -0.1) is 0 Å². The van der Waals surface area contributed by atoms with Crippen molar-refractivity contribution in [3.8, 4) is 0 Å². The number of hydrogen-bond acceptors (Lipinski definition) is 1. The lowest BCUT2D eigenvalue weighted by molar-refractivity contribution is 0.284. The molecule has 0 heterocycles. The number of allylic oxidation sites excluding steroid dienone is 2. The van der Waals surface area contributed by atoms with Crippen LogP contribution in [0.2, 0.25) is 19.6 Å². The summed E-state index contributed by atoms with van der Waals surface area (Å²) in [5.41, 5.74) is 0. The second-order valence-corrected chi connectivity index (χ2v) is 9.67. The molecule has 0 atom stereocenters. The Hall–Kier alpha value is -0.243. The molecule has 0 spiro atoms. The molecule has 1 rings (SSSR count). The van der Waals surface area contributed by atoms with Gasteiger partial charge in [0.2, 0.25) is 8.32 Å². The first kappa shape index (κ1) is 11.8. The summed E-state index contributed by atoms with van der Waals surface area (Å²) in [6, 6.07) is 0. The van der Waals surface area contributed by atoms with E-state index in [-0.39, 0.29) is 0 Å². The molecule has 0 radical (unpaired) electrons. The van der Waals surface area contributed by atoms with Gasteiger partial charge in [0.05, 0.1) is 5.76 Å². The second kappa shape index (κ2) is 5.01. The Morgan fingerprint density at radius 3 is 2.14 bits per heavy atom. The molecule has 0 amide bonds. The van der Waals surface area contributed by atoms with Crippen molar-refractivity contribution < 1.29 is 4.43 Å². The predicted molar refractivity (Wildman–Crippen MR) is 64.8 cm³/mol. The van der Waals surface area contributed by atoms with Crippen LogP contribution < -0.4 is 0 Å². The molecule has 0 aromatic carbocycles. The third-order valence-corrected chi connectivity index (χ3v) is 3.56.